The fourth-order valence-corrected chi connectivity index (χ4v) is 3.88. The van der Waals surface area contributed by atoms with Gasteiger partial charge in [-0.3, -0.25) is 4.90 Å². The summed E-state index contributed by atoms with van der Waals surface area (Å²) in [6.07, 6.45) is 3.14. The second-order valence-corrected chi connectivity index (χ2v) is 6.61. The van der Waals surface area contributed by atoms with Crippen LogP contribution in [-0.2, 0) is 13.0 Å². The van der Waals surface area contributed by atoms with Crippen molar-refractivity contribution in [2.75, 3.05) is 27.9 Å². The van der Waals surface area contributed by atoms with Crippen LogP contribution in [0.1, 0.15) is 48.4 Å². The number of methoxy groups -OCH3 is 3. The van der Waals surface area contributed by atoms with Crippen molar-refractivity contribution in [1.82, 2.24) is 10.1 Å². The summed E-state index contributed by atoms with van der Waals surface area (Å²) in [6.45, 7) is 5.96. The van der Waals surface area contributed by atoms with E-state index in [2.05, 4.69) is 17.0 Å². The minimum atomic E-state index is 0.328. The number of hydrogen-bond acceptors (Lipinski definition) is 6. The summed E-state index contributed by atoms with van der Waals surface area (Å²) in [5, 5.41) is 4.19. The molecule has 1 fully saturated rings. The molecule has 6 nitrogen and oxygen atoms in total. The third kappa shape index (κ3) is 3.38. The fourth-order valence-electron chi connectivity index (χ4n) is 3.88. The van der Waals surface area contributed by atoms with E-state index in [0.717, 1.165) is 60.9 Å². The van der Waals surface area contributed by atoms with Gasteiger partial charge in [0.2, 0.25) is 0 Å². The first kappa shape index (κ1) is 18.6. The highest BCUT2D eigenvalue weighted by Crippen LogP contribution is 2.40. The van der Waals surface area contributed by atoms with Gasteiger partial charge in [0.15, 0.2) is 11.5 Å². The lowest BCUT2D eigenvalue weighted by atomic mass is 10.0. The first-order valence-corrected chi connectivity index (χ1v) is 9.10. The Morgan fingerprint density at radius 2 is 1.81 bits per heavy atom. The Hall–Kier alpha value is -2.21. The van der Waals surface area contributed by atoms with E-state index in [1.807, 2.05) is 19.1 Å². The molecule has 0 radical (unpaired) electrons. The van der Waals surface area contributed by atoms with Crippen LogP contribution in [0.15, 0.2) is 16.7 Å². The van der Waals surface area contributed by atoms with Crippen LogP contribution in [0, 0.1) is 6.92 Å². The minimum Gasteiger partial charge on any atom is -0.496 e. The van der Waals surface area contributed by atoms with Crippen molar-refractivity contribution in [3.8, 4) is 17.2 Å². The Labute approximate surface area is 155 Å². The molecule has 0 amide bonds. The fraction of sp³-hybridized carbons (Fsp3) is 0.550. The average molecular weight is 360 g/mol. The summed E-state index contributed by atoms with van der Waals surface area (Å²) in [5.74, 6) is 3.20. The summed E-state index contributed by atoms with van der Waals surface area (Å²) in [6, 6.07) is 4.23. The van der Waals surface area contributed by atoms with Gasteiger partial charge in [-0.25, -0.2) is 0 Å². The van der Waals surface area contributed by atoms with E-state index >= 15 is 0 Å². The van der Waals surface area contributed by atoms with Gasteiger partial charge in [0.25, 0.3) is 0 Å². The Morgan fingerprint density at radius 1 is 1.12 bits per heavy atom. The molecule has 1 aromatic heterocycles. The zero-order valence-electron chi connectivity index (χ0n) is 16.3. The predicted molar refractivity (Wildman–Crippen MR) is 99.1 cm³/mol. The van der Waals surface area contributed by atoms with Crippen molar-refractivity contribution < 1.29 is 18.7 Å². The van der Waals surface area contributed by atoms with Gasteiger partial charge < -0.3 is 18.7 Å². The molecule has 0 aliphatic carbocycles. The summed E-state index contributed by atoms with van der Waals surface area (Å²) in [4.78, 5) is 2.47. The number of nitrogens with zero attached hydrogens (tertiary/aromatic N) is 2. The SMILES string of the molecule is CCc1onc(C)c1[C@@H]1CCCN1Cc1cc(OC)c(OC)cc1OC. The van der Waals surface area contributed by atoms with Gasteiger partial charge >= 0.3 is 0 Å². The van der Waals surface area contributed by atoms with Gasteiger partial charge in [0.05, 0.1) is 27.0 Å². The second kappa shape index (κ2) is 7.99. The normalized spacial score (nSPS) is 17.5. The molecule has 26 heavy (non-hydrogen) atoms. The lowest BCUT2D eigenvalue weighted by molar-refractivity contribution is 0.240. The van der Waals surface area contributed by atoms with Gasteiger partial charge in [-0.15, -0.1) is 0 Å². The monoisotopic (exact) mass is 360 g/mol. The molecular weight excluding hydrogens is 332 g/mol. The lowest BCUT2D eigenvalue weighted by Crippen LogP contribution is -2.24. The van der Waals surface area contributed by atoms with E-state index in [1.54, 1.807) is 21.3 Å². The van der Waals surface area contributed by atoms with Crippen LogP contribution >= 0.6 is 0 Å². The molecule has 1 aromatic carbocycles. The summed E-state index contributed by atoms with van der Waals surface area (Å²) in [7, 11) is 4.97. The lowest BCUT2D eigenvalue weighted by Gasteiger charge is -2.26. The van der Waals surface area contributed by atoms with Crippen molar-refractivity contribution in [3.63, 3.8) is 0 Å². The average Bonchev–Trinajstić information content (AvgIpc) is 3.26. The first-order valence-electron chi connectivity index (χ1n) is 9.10. The molecule has 1 aliphatic rings. The van der Waals surface area contributed by atoms with Crippen LogP contribution in [0.4, 0.5) is 0 Å². The van der Waals surface area contributed by atoms with E-state index in [9.17, 15) is 0 Å². The van der Waals surface area contributed by atoms with Gasteiger partial charge in [-0.05, 0) is 32.4 Å². The highest BCUT2D eigenvalue weighted by molar-refractivity contribution is 5.50. The molecule has 0 N–H and O–H groups in total. The summed E-state index contributed by atoms with van der Waals surface area (Å²) in [5.41, 5.74) is 3.34. The molecule has 2 heterocycles. The zero-order valence-corrected chi connectivity index (χ0v) is 16.3. The quantitative estimate of drug-likeness (QED) is 0.746. The van der Waals surface area contributed by atoms with Crippen molar-refractivity contribution in [2.24, 2.45) is 0 Å². The Bertz CT molecular complexity index is 757. The molecule has 2 aromatic rings. The number of aromatic nitrogens is 1. The highest BCUT2D eigenvalue weighted by atomic mass is 16.5. The third-order valence-electron chi connectivity index (χ3n) is 5.16. The van der Waals surface area contributed by atoms with Crippen molar-refractivity contribution in [3.05, 3.63) is 34.7 Å². The maximum Gasteiger partial charge on any atom is 0.164 e. The molecule has 3 rings (SSSR count). The van der Waals surface area contributed by atoms with Gasteiger partial charge in [-0.1, -0.05) is 12.1 Å². The van der Waals surface area contributed by atoms with E-state index in [4.69, 9.17) is 18.7 Å². The molecule has 1 atom stereocenters. The number of aryl methyl sites for hydroxylation is 2. The number of hydrogen-bond donors (Lipinski definition) is 0. The van der Waals surface area contributed by atoms with Crippen molar-refractivity contribution in [1.29, 1.82) is 0 Å². The van der Waals surface area contributed by atoms with E-state index in [1.165, 1.54) is 5.56 Å². The largest absolute Gasteiger partial charge is 0.496 e. The number of ether oxygens (including phenoxy) is 3. The molecule has 142 valence electrons. The maximum atomic E-state index is 5.60. The minimum absolute atomic E-state index is 0.328. The van der Waals surface area contributed by atoms with Crippen LogP contribution in [0.25, 0.3) is 0 Å². The molecule has 0 saturated carbocycles. The predicted octanol–water partition coefficient (Wildman–Crippen LogP) is 3.91. The smallest absolute Gasteiger partial charge is 0.164 e. The highest BCUT2D eigenvalue weighted by Gasteiger charge is 2.32. The zero-order chi connectivity index (χ0) is 18.7. The van der Waals surface area contributed by atoms with Gasteiger partial charge in [-0.2, -0.15) is 0 Å². The Balaban J connectivity index is 1.91. The van der Waals surface area contributed by atoms with E-state index in [0.29, 0.717) is 11.8 Å². The third-order valence-corrected chi connectivity index (χ3v) is 5.16. The molecule has 1 saturated heterocycles. The van der Waals surface area contributed by atoms with Crippen LogP contribution in [-0.4, -0.2) is 37.9 Å². The topological polar surface area (TPSA) is 57.0 Å². The maximum absolute atomic E-state index is 5.60. The summed E-state index contributed by atoms with van der Waals surface area (Å²) < 4.78 is 22.0. The number of rotatable bonds is 7. The first-order chi connectivity index (χ1) is 12.6. The molecule has 0 unspecified atom stereocenters. The second-order valence-electron chi connectivity index (χ2n) is 6.61. The van der Waals surface area contributed by atoms with Crippen LogP contribution in [0.3, 0.4) is 0 Å². The number of likely N-dealkylation sites (tertiary alicyclic amines) is 1. The molecule has 1 aliphatic heterocycles. The van der Waals surface area contributed by atoms with Crippen LogP contribution in [0.2, 0.25) is 0 Å². The van der Waals surface area contributed by atoms with Gasteiger partial charge in [0.1, 0.15) is 11.5 Å². The Morgan fingerprint density at radius 3 is 2.46 bits per heavy atom. The van der Waals surface area contributed by atoms with Crippen molar-refractivity contribution in [2.45, 2.75) is 45.7 Å². The van der Waals surface area contributed by atoms with E-state index in [-0.39, 0.29) is 0 Å². The standard InChI is InChI=1S/C20H28N2O4/c1-6-16-20(13(2)21-26-16)15-8-7-9-22(15)12-14-10-18(24-4)19(25-5)11-17(14)23-3/h10-11,15H,6-9,12H2,1-5H3/t15-/m0/s1. The van der Waals surface area contributed by atoms with Gasteiger partial charge in [0, 0.05) is 36.2 Å². The molecule has 0 spiro atoms. The molecular formula is C20H28N2O4. The Kier molecular flexibility index (Phi) is 5.71. The van der Waals surface area contributed by atoms with Crippen LogP contribution in [0.5, 0.6) is 17.2 Å². The molecule has 6 heteroatoms. The summed E-state index contributed by atoms with van der Waals surface area (Å²) >= 11 is 0. The number of benzene rings is 1. The van der Waals surface area contributed by atoms with E-state index < -0.39 is 0 Å². The van der Waals surface area contributed by atoms with Crippen LogP contribution < -0.4 is 14.2 Å². The van der Waals surface area contributed by atoms with Crippen molar-refractivity contribution >= 4 is 0 Å². The molecule has 0 bridgehead atoms.